The van der Waals surface area contributed by atoms with Gasteiger partial charge in [0, 0.05) is 5.41 Å². The molecule has 0 saturated heterocycles. The third kappa shape index (κ3) is 3.81. The molecule has 2 heteroatoms. The lowest BCUT2D eigenvalue weighted by Crippen LogP contribution is -2.66. The van der Waals surface area contributed by atoms with Crippen molar-refractivity contribution in [2.45, 2.75) is 126 Å². The third-order valence-electron chi connectivity index (χ3n) is 15.0. The smallest absolute Gasteiger partial charge is 0.338 e. The van der Waals surface area contributed by atoms with Crippen LogP contribution in [-0.2, 0) is 4.74 Å². The molecule has 0 amide bonds. The van der Waals surface area contributed by atoms with Gasteiger partial charge in [0.25, 0.3) is 0 Å². The molecule has 0 aromatic heterocycles. The first-order valence-electron chi connectivity index (χ1n) is 16.5. The van der Waals surface area contributed by atoms with Crippen LogP contribution in [0.15, 0.2) is 30.3 Å². The lowest BCUT2D eigenvalue weighted by atomic mass is 9.32. The predicted molar refractivity (Wildman–Crippen MR) is 160 cm³/mol. The van der Waals surface area contributed by atoms with Gasteiger partial charge in [0.2, 0.25) is 0 Å². The Morgan fingerprint density at radius 3 is 2.18 bits per heavy atom. The van der Waals surface area contributed by atoms with Crippen LogP contribution in [0.1, 0.15) is 130 Å². The van der Waals surface area contributed by atoms with Crippen LogP contribution < -0.4 is 0 Å². The molecular formula is C37H56O2. The highest BCUT2D eigenvalue weighted by Gasteiger charge is 2.70. The fourth-order valence-corrected chi connectivity index (χ4v) is 12.7. The van der Waals surface area contributed by atoms with Gasteiger partial charge in [0.15, 0.2) is 0 Å². The van der Waals surface area contributed by atoms with Crippen LogP contribution in [0, 0.1) is 62.6 Å². The average molecular weight is 533 g/mol. The number of rotatable bonds is 3. The van der Waals surface area contributed by atoms with Gasteiger partial charge in [-0.05, 0) is 134 Å². The summed E-state index contributed by atoms with van der Waals surface area (Å²) in [4.78, 5) is 13.1. The molecule has 2 nitrogen and oxygen atoms in total. The van der Waals surface area contributed by atoms with Gasteiger partial charge >= 0.3 is 5.97 Å². The molecule has 1 aromatic carbocycles. The van der Waals surface area contributed by atoms with E-state index in [1.165, 1.54) is 57.8 Å². The summed E-state index contributed by atoms with van der Waals surface area (Å²) in [5.74, 6) is 4.78. The number of hydrogen-bond acceptors (Lipinski definition) is 2. The molecule has 0 radical (unpaired) electrons. The van der Waals surface area contributed by atoms with Crippen molar-refractivity contribution in [3.63, 3.8) is 0 Å². The molecule has 5 aliphatic rings. The molecule has 5 fully saturated rings. The Hall–Kier alpha value is -1.31. The summed E-state index contributed by atoms with van der Waals surface area (Å²) in [6, 6.07) is 9.60. The fraction of sp³-hybridized carbons (Fsp3) is 0.811. The molecule has 10 atom stereocenters. The molecule has 0 heterocycles. The quantitative estimate of drug-likeness (QED) is 0.362. The van der Waals surface area contributed by atoms with Crippen LogP contribution in [0.4, 0.5) is 0 Å². The van der Waals surface area contributed by atoms with E-state index < -0.39 is 0 Å². The van der Waals surface area contributed by atoms with Gasteiger partial charge in [-0.2, -0.15) is 0 Å². The van der Waals surface area contributed by atoms with E-state index in [2.05, 4.69) is 55.4 Å². The number of esters is 1. The normalized spacial score (nSPS) is 48.4. The van der Waals surface area contributed by atoms with Gasteiger partial charge in [0.1, 0.15) is 6.10 Å². The lowest BCUT2D eigenvalue weighted by molar-refractivity contribution is -0.247. The van der Waals surface area contributed by atoms with E-state index in [4.69, 9.17) is 4.74 Å². The number of carbonyl (C=O) groups excluding carboxylic acids is 1. The number of benzene rings is 1. The van der Waals surface area contributed by atoms with Crippen LogP contribution >= 0.6 is 0 Å². The van der Waals surface area contributed by atoms with Gasteiger partial charge in [-0.15, -0.1) is 0 Å². The Labute approximate surface area is 239 Å². The van der Waals surface area contributed by atoms with Crippen molar-refractivity contribution < 1.29 is 9.53 Å². The van der Waals surface area contributed by atoms with E-state index in [0.717, 1.165) is 36.0 Å². The number of ether oxygens (including phenoxy) is 1. The van der Waals surface area contributed by atoms with E-state index in [1.54, 1.807) is 0 Å². The monoisotopic (exact) mass is 532 g/mol. The van der Waals surface area contributed by atoms with Gasteiger partial charge in [-0.1, -0.05) is 73.6 Å². The van der Waals surface area contributed by atoms with Crippen molar-refractivity contribution in [1.82, 2.24) is 0 Å². The first-order chi connectivity index (χ1) is 18.3. The standard InChI is InChI=1S/C37H56O2/c1-24(2)26-16-19-34(5)22-23-36(7)27(31(26)34)14-15-29-35(6)20-18-30(39-32(38)25-12-10-9-11-13-25)33(3,4)28(35)17-21-37(29,36)8/h9-13,24,26-31H,14-23H2,1-8H3/t26-,27+,28-,29+,30-,31+,34+,35+,36+,37+/m0/s1. The van der Waals surface area contributed by atoms with Crippen molar-refractivity contribution in [3.8, 4) is 0 Å². The van der Waals surface area contributed by atoms with E-state index in [1.807, 2.05) is 30.3 Å². The van der Waals surface area contributed by atoms with Gasteiger partial charge in [-0.3, -0.25) is 0 Å². The maximum absolute atomic E-state index is 13.1. The van der Waals surface area contributed by atoms with Crippen LogP contribution in [0.2, 0.25) is 0 Å². The van der Waals surface area contributed by atoms with Crippen molar-refractivity contribution in [2.75, 3.05) is 0 Å². The summed E-state index contributed by atoms with van der Waals surface area (Å²) in [5.41, 5.74) is 2.44. The summed E-state index contributed by atoms with van der Waals surface area (Å²) >= 11 is 0. The second-order valence-electron chi connectivity index (χ2n) is 16.9. The van der Waals surface area contributed by atoms with Crippen molar-refractivity contribution in [2.24, 2.45) is 62.6 Å². The van der Waals surface area contributed by atoms with Crippen molar-refractivity contribution in [3.05, 3.63) is 35.9 Å². The molecule has 5 saturated carbocycles. The van der Waals surface area contributed by atoms with E-state index in [9.17, 15) is 4.79 Å². The summed E-state index contributed by atoms with van der Waals surface area (Å²) in [5, 5.41) is 0. The molecule has 1 aromatic rings. The maximum atomic E-state index is 13.1. The highest BCUT2D eigenvalue weighted by atomic mass is 16.5. The van der Waals surface area contributed by atoms with Crippen molar-refractivity contribution >= 4 is 5.97 Å². The molecule has 0 bridgehead atoms. The van der Waals surface area contributed by atoms with Crippen molar-refractivity contribution in [1.29, 1.82) is 0 Å². The van der Waals surface area contributed by atoms with E-state index >= 15 is 0 Å². The van der Waals surface area contributed by atoms with Crippen LogP contribution in [0.5, 0.6) is 0 Å². The minimum absolute atomic E-state index is 0.000222. The van der Waals surface area contributed by atoms with Crippen LogP contribution in [-0.4, -0.2) is 12.1 Å². The molecule has 39 heavy (non-hydrogen) atoms. The zero-order valence-corrected chi connectivity index (χ0v) is 26.3. The van der Waals surface area contributed by atoms with Gasteiger partial charge in [-0.25, -0.2) is 4.79 Å². The zero-order valence-electron chi connectivity index (χ0n) is 26.3. The fourth-order valence-electron chi connectivity index (χ4n) is 12.7. The Kier molecular flexibility index (Phi) is 6.49. The Morgan fingerprint density at radius 1 is 0.769 bits per heavy atom. The minimum atomic E-state index is -0.146. The zero-order chi connectivity index (χ0) is 28.0. The Balaban J connectivity index is 1.28. The third-order valence-corrected chi connectivity index (χ3v) is 15.0. The topological polar surface area (TPSA) is 26.3 Å². The molecule has 0 N–H and O–H groups in total. The molecule has 0 aliphatic heterocycles. The molecular weight excluding hydrogens is 476 g/mol. The number of hydrogen-bond donors (Lipinski definition) is 0. The molecule has 5 aliphatic carbocycles. The SMILES string of the molecule is CC(C)[C@@H]1CC[C@]2(C)CC[C@]3(C)[C@H](CC[C@@H]4[C@]5(C)CC[C@H](OC(=O)c6ccccc6)C(C)(C)[C@@H]5CC[C@]43C)[C@@H]12. The van der Waals surface area contributed by atoms with Crippen LogP contribution in [0.25, 0.3) is 0 Å². The number of carbonyl (C=O) groups is 1. The highest BCUT2D eigenvalue weighted by molar-refractivity contribution is 5.89. The average Bonchev–Trinajstić information content (AvgIpc) is 3.24. The largest absolute Gasteiger partial charge is 0.458 e. The minimum Gasteiger partial charge on any atom is -0.458 e. The number of fused-ring (bicyclic) bond motifs is 7. The lowest BCUT2D eigenvalue weighted by Gasteiger charge is -2.73. The first-order valence-corrected chi connectivity index (χ1v) is 16.5. The van der Waals surface area contributed by atoms with E-state index in [-0.39, 0.29) is 17.5 Å². The second-order valence-corrected chi connectivity index (χ2v) is 16.9. The molecule has 0 unspecified atom stereocenters. The first kappa shape index (κ1) is 27.8. The highest BCUT2D eigenvalue weighted by Crippen LogP contribution is 2.77. The van der Waals surface area contributed by atoms with E-state index in [0.29, 0.717) is 33.1 Å². The molecule has 6 rings (SSSR count). The second kappa shape index (κ2) is 9.09. The molecule has 0 spiro atoms. The summed E-state index contributed by atoms with van der Waals surface area (Å²) in [7, 11) is 0. The van der Waals surface area contributed by atoms with Gasteiger partial charge < -0.3 is 4.74 Å². The van der Waals surface area contributed by atoms with Gasteiger partial charge in [0.05, 0.1) is 5.56 Å². The maximum Gasteiger partial charge on any atom is 0.338 e. The van der Waals surface area contributed by atoms with Crippen LogP contribution in [0.3, 0.4) is 0 Å². The summed E-state index contributed by atoms with van der Waals surface area (Å²) in [6.45, 7) is 20.7. The Morgan fingerprint density at radius 2 is 1.49 bits per heavy atom. The molecule has 216 valence electrons. The Bertz CT molecular complexity index is 1090. The predicted octanol–water partition coefficient (Wildman–Crippen LogP) is 9.97. The summed E-state index contributed by atoms with van der Waals surface area (Å²) in [6.07, 6.45) is 13.5. The summed E-state index contributed by atoms with van der Waals surface area (Å²) < 4.78 is 6.31.